The van der Waals surface area contributed by atoms with Gasteiger partial charge in [-0.15, -0.1) is 0 Å². The Morgan fingerprint density at radius 3 is 2.52 bits per heavy atom. The number of alkyl carbamates (subject to hydrolysis) is 1. The third-order valence-corrected chi connectivity index (χ3v) is 3.26. The molecule has 2 aromatic rings. The lowest BCUT2D eigenvalue weighted by atomic mass is 10.1. The molecule has 0 aliphatic rings. The van der Waals surface area contributed by atoms with Crippen molar-refractivity contribution in [2.24, 2.45) is 0 Å². The van der Waals surface area contributed by atoms with E-state index in [1.54, 1.807) is 24.3 Å². The summed E-state index contributed by atoms with van der Waals surface area (Å²) in [6.07, 6.45) is -0.913. The molecule has 0 saturated heterocycles. The number of hydroxylamine groups is 1. The SMILES string of the molecule is O=C(N[C@@H](C(=O)NO)c1cccc([N+](=O)[O-])c1)OCc1ccccc1. The normalized spacial score (nSPS) is 11.2. The fourth-order valence-electron chi connectivity index (χ4n) is 2.07. The second-order valence-electron chi connectivity index (χ2n) is 4.97. The predicted octanol–water partition coefficient (Wildman–Crippen LogP) is 2.07. The van der Waals surface area contributed by atoms with Crippen LogP contribution in [0, 0.1) is 10.1 Å². The summed E-state index contributed by atoms with van der Waals surface area (Å²) in [7, 11) is 0. The van der Waals surface area contributed by atoms with Crippen LogP contribution in [0.25, 0.3) is 0 Å². The molecule has 0 unspecified atom stereocenters. The maximum atomic E-state index is 11.9. The van der Waals surface area contributed by atoms with Crippen molar-refractivity contribution in [3.05, 3.63) is 75.8 Å². The van der Waals surface area contributed by atoms with Gasteiger partial charge in [0.1, 0.15) is 12.6 Å². The second-order valence-corrected chi connectivity index (χ2v) is 4.97. The fourth-order valence-corrected chi connectivity index (χ4v) is 2.07. The summed E-state index contributed by atoms with van der Waals surface area (Å²) in [5.74, 6) is -0.961. The average molecular weight is 345 g/mol. The van der Waals surface area contributed by atoms with E-state index in [2.05, 4.69) is 5.32 Å². The summed E-state index contributed by atoms with van der Waals surface area (Å²) in [5, 5.41) is 21.9. The number of nitro groups is 1. The minimum absolute atomic E-state index is 0.0188. The number of hydrogen-bond acceptors (Lipinski definition) is 6. The zero-order valence-electron chi connectivity index (χ0n) is 12.9. The molecule has 9 heteroatoms. The van der Waals surface area contributed by atoms with E-state index in [0.29, 0.717) is 0 Å². The molecule has 0 heterocycles. The summed E-state index contributed by atoms with van der Waals surface area (Å²) >= 11 is 0. The smallest absolute Gasteiger partial charge is 0.408 e. The lowest BCUT2D eigenvalue weighted by Gasteiger charge is -2.17. The van der Waals surface area contributed by atoms with Crippen LogP contribution in [0.15, 0.2) is 54.6 Å². The van der Waals surface area contributed by atoms with Gasteiger partial charge in [0.05, 0.1) is 4.92 Å². The van der Waals surface area contributed by atoms with Gasteiger partial charge in [-0.3, -0.25) is 20.1 Å². The van der Waals surface area contributed by atoms with Gasteiger partial charge in [-0.05, 0) is 11.1 Å². The highest BCUT2D eigenvalue weighted by molar-refractivity contribution is 5.86. The molecule has 0 aliphatic carbocycles. The number of carbonyl (C=O) groups excluding carboxylic acids is 2. The van der Waals surface area contributed by atoms with Crippen molar-refractivity contribution in [3.63, 3.8) is 0 Å². The zero-order valence-corrected chi connectivity index (χ0v) is 12.9. The maximum absolute atomic E-state index is 11.9. The molecule has 2 aromatic carbocycles. The Kier molecular flexibility index (Phi) is 6.02. The third-order valence-electron chi connectivity index (χ3n) is 3.26. The minimum atomic E-state index is -1.35. The Hall–Kier alpha value is -3.46. The number of nitrogens with one attached hydrogen (secondary N) is 2. The van der Waals surface area contributed by atoms with Crippen LogP contribution in [0.3, 0.4) is 0 Å². The number of rotatable bonds is 6. The van der Waals surface area contributed by atoms with Crippen molar-refractivity contribution in [1.29, 1.82) is 0 Å². The van der Waals surface area contributed by atoms with E-state index >= 15 is 0 Å². The first-order valence-electron chi connectivity index (χ1n) is 7.17. The van der Waals surface area contributed by atoms with Crippen molar-refractivity contribution in [3.8, 4) is 0 Å². The van der Waals surface area contributed by atoms with Crippen molar-refractivity contribution < 1.29 is 24.5 Å². The topological polar surface area (TPSA) is 131 Å². The highest BCUT2D eigenvalue weighted by Gasteiger charge is 2.24. The molecule has 0 aliphatic heterocycles. The molecule has 0 aromatic heterocycles. The number of carbonyl (C=O) groups is 2. The highest BCUT2D eigenvalue weighted by Crippen LogP contribution is 2.20. The van der Waals surface area contributed by atoms with Crippen molar-refractivity contribution in [2.75, 3.05) is 0 Å². The number of hydrogen-bond donors (Lipinski definition) is 3. The summed E-state index contributed by atoms with van der Waals surface area (Å²) in [6.45, 7) is -0.0188. The summed E-state index contributed by atoms with van der Waals surface area (Å²) in [5.41, 5.74) is 2.02. The molecule has 0 spiro atoms. The van der Waals surface area contributed by atoms with Crippen molar-refractivity contribution in [2.45, 2.75) is 12.6 Å². The third kappa shape index (κ3) is 5.01. The first-order valence-corrected chi connectivity index (χ1v) is 7.17. The lowest BCUT2D eigenvalue weighted by Crippen LogP contribution is -2.39. The van der Waals surface area contributed by atoms with Gasteiger partial charge in [0.25, 0.3) is 11.6 Å². The van der Waals surface area contributed by atoms with E-state index in [1.807, 2.05) is 6.07 Å². The van der Waals surface area contributed by atoms with E-state index < -0.39 is 23.0 Å². The molecule has 2 rings (SSSR count). The van der Waals surface area contributed by atoms with Crippen LogP contribution in [0.4, 0.5) is 10.5 Å². The molecule has 0 fully saturated rings. The number of ether oxygens (including phenoxy) is 1. The van der Waals surface area contributed by atoms with Gasteiger partial charge >= 0.3 is 6.09 Å². The van der Waals surface area contributed by atoms with E-state index in [0.717, 1.165) is 11.6 Å². The first kappa shape index (κ1) is 17.9. The molecule has 0 saturated carbocycles. The van der Waals surface area contributed by atoms with Gasteiger partial charge in [0.15, 0.2) is 0 Å². The van der Waals surface area contributed by atoms with Gasteiger partial charge < -0.3 is 10.1 Å². The predicted molar refractivity (Wildman–Crippen MR) is 85.5 cm³/mol. The van der Waals surface area contributed by atoms with Crippen LogP contribution >= 0.6 is 0 Å². The molecule has 0 radical (unpaired) electrons. The Morgan fingerprint density at radius 1 is 1.16 bits per heavy atom. The summed E-state index contributed by atoms with van der Waals surface area (Å²) < 4.78 is 5.01. The second kappa shape index (κ2) is 8.41. The lowest BCUT2D eigenvalue weighted by molar-refractivity contribution is -0.384. The number of benzene rings is 2. The number of non-ortho nitro benzene ring substituents is 1. The van der Waals surface area contributed by atoms with Crippen LogP contribution in [0.1, 0.15) is 17.2 Å². The molecular formula is C16H15N3O6. The van der Waals surface area contributed by atoms with Crippen LogP contribution < -0.4 is 10.8 Å². The Bertz CT molecular complexity index is 765. The largest absolute Gasteiger partial charge is 0.445 e. The molecule has 2 amide bonds. The molecule has 130 valence electrons. The average Bonchev–Trinajstić information content (AvgIpc) is 2.64. The first-order chi connectivity index (χ1) is 12.0. The molecule has 3 N–H and O–H groups in total. The quantitative estimate of drug-likeness (QED) is 0.417. The maximum Gasteiger partial charge on any atom is 0.408 e. The van der Waals surface area contributed by atoms with Gasteiger partial charge in [-0.2, -0.15) is 0 Å². The van der Waals surface area contributed by atoms with Crippen LogP contribution in [0.5, 0.6) is 0 Å². The zero-order chi connectivity index (χ0) is 18.2. The summed E-state index contributed by atoms with van der Waals surface area (Å²) in [4.78, 5) is 33.9. The Balaban J connectivity index is 2.10. The molecular weight excluding hydrogens is 330 g/mol. The minimum Gasteiger partial charge on any atom is -0.445 e. The van der Waals surface area contributed by atoms with Crippen LogP contribution in [-0.4, -0.2) is 22.1 Å². The molecule has 1 atom stereocenters. The van der Waals surface area contributed by atoms with Crippen LogP contribution in [0.2, 0.25) is 0 Å². The van der Waals surface area contributed by atoms with Gasteiger partial charge in [0, 0.05) is 12.1 Å². The Morgan fingerprint density at radius 2 is 1.88 bits per heavy atom. The van der Waals surface area contributed by atoms with E-state index in [9.17, 15) is 19.7 Å². The van der Waals surface area contributed by atoms with E-state index in [1.165, 1.54) is 23.7 Å². The van der Waals surface area contributed by atoms with E-state index in [-0.39, 0.29) is 17.9 Å². The monoisotopic (exact) mass is 345 g/mol. The van der Waals surface area contributed by atoms with Crippen molar-refractivity contribution >= 4 is 17.7 Å². The molecule has 9 nitrogen and oxygen atoms in total. The number of amides is 2. The van der Waals surface area contributed by atoms with Gasteiger partial charge in [-0.25, -0.2) is 10.3 Å². The molecule has 25 heavy (non-hydrogen) atoms. The fraction of sp³-hybridized carbons (Fsp3) is 0.125. The van der Waals surface area contributed by atoms with Crippen LogP contribution in [-0.2, 0) is 16.1 Å². The van der Waals surface area contributed by atoms with Gasteiger partial charge in [0.2, 0.25) is 0 Å². The molecule has 0 bridgehead atoms. The van der Waals surface area contributed by atoms with Crippen molar-refractivity contribution in [1.82, 2.24) is 10.8 Å². The standard InChI is InChI=1S/C16H15N3O6/c20-15(18-22)14(12-7-4-8-13(9-12)19(23)24)17-16(21)25-10-11-5-2-1-3-6-11/h1-9,14,22H,10H2,(H,17,21)(H,18,20)/t14-/m1/s1. The van der Waals surface area contributed by atoms with E-state index in [4.69, 9.17) is 9.94 Å². The highest BCUT2D eigenvalue weighted by atomic mass is 16.6. The number of nitro benzene ring substituents is 1. The Labute approximate surface area is 142 Å². The number of nitrogens with zero attached hydrogens (tertiary/aromatic N) is 1. The van der Waals surface area contributed by atoms with Gasteiger partial charge in [-0.1, -0.05) is 42.5 Å². The summed E-state index contributed by atoms with van der Waals surface area (Å²) in [6, 6.07) is 12.7.